The van der Waals surface area contributed by atoms with Gasteiger partial charge in [0.1, 0.15) is 11.6 Å². The summed E-state index contributed by atoms with van der Waals surface area (Å²) in [7, 11) is 1.76. The van der Waals surface area contributed by atoms with E-state index in [2.05, 4.69) is 15.5 Å². The third-order valence-electron chi connectivity index (χ3n) is 3.83. The average molecular weight is 358 g/mol. The summed E-state index contributed by atoms with van der Waals surface area (Å²) >= 11 is 1.42. The Kier molecular flexibility index (Phi) is 4.37. The summed E-state index contributed by atoms with van der Waals surface area (Å²) in [6.45, 7) is 0.301. The first kappa shape index (κ1) is 16.0. The highest BCUT2D eigenvalue weighted by atomic mass is 32.2. The monoisotopic (exact) mass is 358 g/mol. The molecule has 0 spiro atoms. The van der Waals surface area contributed by atoms with Crippen molar-refractivity contribution in [2.24, 2.45) is 7.05 Å². The summed E-state index contributed by atoms with van der Waals surface area (Å²) in [5.74, 6) is 0.857. The molecule has 1 atom stereocenters. The number of tetrazole rings is 1. The second-order valence-corrected chi connectivity index (χ2v) is 6.54. The molecule has 0 fully saturated rings. The fraction of sp³-hybridized carbons (Fsp3) is 0.235. The number of nitrogens with zero attached hydrogens (tertiary/aromatic N) is 4. The van der Waals surface area contributed by atoms with Gasteiger partial charge < -0.3 is 9.47 Å². The first-order valence-corrected chi connectivity index (χ1v) is 8.69. The van der Waals surface area contributed by atoms with E-state index in [0.29, 0.717) is 28.8 Å². The lowest BCUT2D eigenvalue weighted by atomic mass is 10.1. The summed E-state index contributed by atoms with van der Waals surface area (Å²) in [4.78, 5) is 0. The van der Waals surface area contributed by atoms with Crippen LogP contribution in [0.1, 0.15) is 23.0 Å². The van der Waals surface area contributed by atoms with E-state index < -0.39 is 6.29 Å². The number of benzene rings is 2. The molecular formula is C17H15FN4O2S. The maximum atomic E-state index is 14.0. The third kappa shape index (κ3) is 3.35. The highest BCUT2D eigenvalue weighted by Crippen LogP contribution is 2.38. The van der Waals surface area contributed by atoms with Crippen molar-refractivity contribution in [3.8, 4) is 5.75 Å². The largest absolute Gasteiger partial charge is 0.460 e. The van der Waals surface area contributed by atoms with Gasteiger partial charge in [-0.15, -0.1) is 5.10 Å². The number of halogens is 1. The number of aromatic nitrogens is 4. The Morgan fingerprint density at radius 2 is 2.12 bits per heavy atom. The van der Waals surface area contributed by atoms with Gasteiger partial charge in [-0.1, -0.05) is 42.1 Å². The van der Waals surface area contributed by atoms with Crippen LogP contribution in [0, 0.1) is 5.82 Å². The van der Waals surface area contributed by atoms with Gasteiger partial charge in [0.05, 0.1) is 6.61 Å². The van der Waals surface area contributed by atoms with Crippen molar-refractivity contribution in [3.63, 3.8) is 0 Å². The van der Waals surface area contributed by atoms with Crippen LogP contribution in [-0.4, -0.2) is 20.2 Å². The van der Waals surface area contributed by atoms with E-state index in [-0.39, 0.29) is 5.82 Å². The van der Waals surface area contributed by atoms with Crippen molar-refractivity contribution in [3.05, 3.63) is 65.0 Å². The number of thioether (sulfide) groups is 1. The topological polar surface area (TPSA) is 62.1 Å². The number of rotatable bonds is 4. The molecule has 8 heteroatoms. The van der Waals surface area contributed by atoms with Crippen LogP contribution in [0.2, 0.25) is 0 Å². The Bertz CT molecular complexity index is 888. The number of aryl methyl sites for hydroxylation is 1. The molecule has 2 aromatic carbocycles. The quantitative estimate of drug-likeness (QED) is 0.667. The Balaban J connectivity index is 1.60. The first-order valence-electron chi connectivity index (χ1n) is 7.70. The standard InChI is InChI=1S/C17H15FN4O2S/c1-22-17(19-20-21-22)25-10-13-8-14(18)7-12-9-23-16(24-15(12)13)11-5-3-2-4-6-11/h2-8,16H,9-10H2,1H3/t16-/m1/s1. The fourth-order valence-electron chi connectivity index (χ4n) is 2.64. The lowest BCUT2D eigenvalue weighted by molar-refractivity contribution is -0.112. The van der Waals surface area contributed by atoms with Gasteiger partial charge in [0.15, 0.2) is 0 Å². The molecule has 128 valence electrons. The zero-order valence-corrected chi connectivity index (χ0v) is 14.2. The summed E-state index contributed by atoms with van der Waals surface area (Å²) in [6.07, 6.45) is -0.501. The molecule has 6 nitrogen and oxygen atoms in total. The van der Waals surface area contributed by atoms with E-state index in [9.17, 15) is 4.39 Å². The smallest absolute Gasteiger partial charge is 0.227 e. The average Bonchev–Trinajstić information content (AvgIpc) is 3.05. The van der Waals surface area contributed by atoms with Gasteiger partial charge in [-0.2, -0.15) is 0 Å². The number of ether oxygens (including phenoxy) is 2. The number of fused-ring (bicyclic) bond motifs is 1. The Morgan fingerprint density at radius 1 is 1.28 bits per heavy atom. The molecule has 0 unspecified atom stereocenters. The fourth-order valence-corrected chi connectivity index (χ4v) is 3.46. The summed E-state index contributed by atoms with van der Waals surface area (Å²) in [6, 6.07) is 12.6. The molecule has 1 aromatic heterocycles. The molecule has 0 bridgehead atoms. The van der Waals surface area contributed by atoms with Crippen LogP contribution in [0.3, 0.4) is 0 Å². The minimum atomic E-state index is -0.501. The molecule has 4 rings (SSSR count). The van der Waals surface area contributed by atoms with Crippen LogP contribution >= 0.6 is 11.8 Å². The number of hydrogen-bond donors (Lipinski definition) is 0. The first-order chi connectivity index (χ1) is 12.2. The van der Waals surface area contributed by atoms with E-state index in [4.69, 9.17) is 9.47 Å². The van der Waals surface area contributed by atoms with E-state index in [1.807, 2.05) is 30.3 Å². The van der Waals surface area contributed by atoms with Crippen LogP contribution in [0.15, 0.2) is 47.6 Å². The van der Waals surface area contributed by atoms with E-state index in [1.165, 1.54) is 23.9 Å². The van der Waals surface area contributed by atoms with Gasteiger partial charge >= 0.3 is 0 Å². The highest BCUT2D eigenvalue weighted by molar-refractivity contribution is 7.98. The van der Waals surface area contributed by atoms with Crippen LogP contribution in [-0.2, 0) is 24.1 Å². The summed E-state index contributed by atoms with van der Waals surface area (Å²) < 4.78 is 27.3. The Labute approximate surface area is 147 Å². The van der Waals surface area contributed by atoms with E-state index >= 15 is 0 Å². The molecule has 0 saturated heterocycles. The predicted octanol–water partition coefficient (Wildman–Crippen LogP) is 3.25. The van der Waals surface area contributed by atoms with E-state index in [0.717, 1.165) is 11.1 Å². The van der Waals surface area contributed by atoms with Gasteiger partial charge in [-0.05, 0) is 22.6 Å². The molecule has 0 radical (unpaired) electrons. The summed E-state index contributed by atoms with van der Waals surface area (Å²) in [5, 5.41) is 12.0. The Morgan fingerprint density at radius 3 is 2.88 bits per heavy atom. The SMILES string of the molecule is Cn1nnnc1SCc1cc(F)cc2c1O[C@H](c1ccccc1)OC2. The summed E-state index contributed by atoms with van der Waals surface area (Å²) in [5.41, 5.74) is 2.39. The van der Waals surface area contributed by atoms with Gasteiger partial charge in [0, 0.05) is 29.5 Å². The van der Waals surface area contributed by atoms with Crippen molar-refractivity contribution < 1.29 is 13.9 Å². The normalized spacial score (nSPS) is 16.3. The molecule has 2 heterocycles. The molecule has 0 amide bonds. The second-order valence-electron chi connectivity index (χ2n) is 5.60. The molecule has 0 aliphatic carbocycles. The van der Waals surface area contributed by atoms with Crippen LogP contribution in [0.4, 0.5) is 4.39 Å². The second kappa shape index (κ2) is 6.81. The molecule has 1 aliphatic rings. The lowest BCUT2D eigenvalue weighted by Crippen LogP contribution is -2.19. The van der Waals surface area contributed by atoms with Crippen molar-refractivity contribution >= 4 is 11.8 Å². The van der Waals surface area contributed by atoms with Crippen LogP contribution in [0.5, 0.6) is 5.75 Å². The van der Waals surface area contributed by atoms with Crippen molar-refractivity contribution in [2.45, 2.75) is 23.8 Å². The Hall–Kier alpha value is -2.45. The maximum Gasteiger partial charge on any atom is 0.227 e. The minimum Gasteiger partial charge on any atom is -0.460 e. The molecular weight excluding hydrogens is 343 g/mol. The van der Waals surface area contributed by atoms with Crippen LogP contribution in [0.25, 0.3) is 0 Å². The molecule has 25 heavy (non-hydrogen) atoms. The van der Waals surface area contributed by atoms with Crippen LogP contribution < -0.4 is 4.74 Å². The lowest BCUT2D eigenvalue weighted by Gasteiger charge is -2.28. The molecule has 0 saturated carbocycles. The maximum absolute atomic E-state index is 14.0. The minimum absolute atomic E-state index is 0.301. The highest BCUT2D eigenvalue weighted by Gasteiger charge is 2.25. The van der Waals surface area contributed by atoms with Gasteiger partial charge in [-0.25, -0.2) is 9.07 Å². The van der Waals surface area contributed by atoms with E-state index in [1.54, 1.807) is 11.7 Å². The number of hydrogen-bond acceptors (Lipinski definition) is 6. The van der Waals surface area contributed by atoms with Crippen molar-refractivity contribution in [1.82, 2.24) is 20.2 Å². The van der Waals surface area contributed by atoms with Gasteiger partial charge in [-0.3, -0.25) is 0 Å². The van der Waals surface area contributed by atoms with Gasteiger partial charge in [0.25, 0.3) is 0 Å². The zero-order valence-electron chi connectivity index (χ0n) is 13.4. The molecule has 0 N–H and O–H groups in total. The predicted molar refractivity (Wildman–Crippen MR) is 89.4 cm³/mol. The van der Waals surface area contributed by atoms with Crippen molar-refractivity contribution in [2.75, 3.05) is 0 Å². The van der Waals surface area contributed by atoms with Gasteiger partial charge in [0.2, 0.25) is 11.4 Å². The zero-order chi connectivity index (χ0) is 17.2. The van der Waals surface area contributed by atoms with Crippen molar-refractivity contribution in [1.29, 1.82) is 0 Å². The molecule has 1 aliphatic heterocycles. The molecule has 3 aromatic rings. The third-order valence-corrected chi connectivity index (χ3v) is 4.89.